The minimum absolute atomic E-state index is 0.301. The van der Waals surface area contributed by atoms with Crippen molar-refractivity contribution in [2.75, 3.05) is 6.67 Å². The van der Waals surface area contributed by atoms with E-state index in [0.29, 0.717) is 17.9 Å². The van der Waals surface area contributed by atoms with Gasteiger partial charge in [0, 0.05) is 17.4 Å². The van der Waals surface area contributed by atoms with Crippen LogP contribution in [0.1, 0.15) is 16.9 Å². The SMILES string of the molecule is NC(=Cc1ccccc1)c1oc2ccccc2c1CCF. The average molecular weight is 281 g/mol. The molecule has 0 bridgehead atoms. The molecule has 0 fully saturated rings. The van der Waals surface area contributed by atoms with Gasteiger partial charge in [-0.05, 0) is 17.7 Å². The van der Waals surface area contributed by atoms with Crippen molar-refractivity contribution in [3.8, 4) is 0 Å². The van der Waals surface area contributed by atoms with Crippen LogP contribution in [-0.4, -0.2) is 6.67 Å². The Balaban J connectivity index is 2.11. The Morgan fingerprint density at radius 2 is 1.76 bits per heavy atom. The highest BCUT2D eigenvalue weighted by Gasteiger charge is 2.15. The van der Waals surface area contributed by atoms with Crippen molar-refractivity contribution in [2.45, 2.75) is 6.42 Å². The molecular formula is C18H16FNO. The molecule has 2 aromatic carbocycles. The minimum Gasteiger partial charge on any atom is -0.454 e. The van der Waals surface area contributed by atoms with Crippen molar-refractivity contribution in [1.29, 1.82) is 0 Å². The van der Waals surface area contributed by atoms with E-state index in [4.69, 9.17) is 10.2 Å². The smallest absolute Gasteiger partial charge is 0.154 e. The molecule has 0 atom stereocenters. The lowest BCUT2D eigenvalue weighted by Crippen LogP contribution is -1.99. The molecule has 0 aliphatic rings. The first kappa shape index (κ1) is 13.4. The van der Waals surface area contributed by atoms with Gasteiger partial charge >= 0.3 is 0 Å². The Bertz CT molecular complexity index is 774. The van der Waals surface area contributed by atoms with Crippen molar-refractivity contribution < 1.29 is 8.81 Å². The fourth-order valence-electron chi connectivity index (χ4n) is 2.47. The van der Waals surface area contributed by atoms with Gasteiger partial charge in [-0.15, -0.1) is 0 Å². The standard InChI is InChI=1S/C18H16FNO/c19-11-10-15-14-8-4-5-9-17(14)21-18(15)16(20)12-13-6-2-1-3-7-13/h1-9,12H,10-11,20H2. The summed E-state index contributed by atoms with van der Waals surface area (Å²) in [5, 5.41) is 0.926. The molecule has 0 spiro atoms. The van der Waals surface area contributed by atoms with E-state index in [1.54, 1.807) is 0 Å². The summed E-state index contributed by atoms with van der Waals surface area (Å²) in [6.45, 7) is -0.435. The van der Waals surface area contributed by atoms with Gasteiger partial charge in [0.15, 0.2) is 5.76 Å². The van der Waals surface area contributed by atoms with E-state index in [0.717, 1.165) is 22.1 Å². The zero-order valence-electron chi connectivity index (χ0n) is 11.6. The van der Waals surface area contributed by atoms with Crippen molar-refractivity contribution in [2.24, 2.45) is 5.73 Å². The molecule has 2 nitrogen and oxygen atoms in total. The second-order valence-electron chi connectivity index (χ2n) is 4.86. The van der Waals surface area contributed by atoms with Gasteiger partial charge in [-0.2, -0.15) is 0 Å². The van der Waals surface area contributed by atoms with E-state index < -0.39 is 6.67 Å². The zero-order chi connectivity index (χ0) is 14.7. The summed E-state index contributed by atoms with van der Waals surface area (Å²) >= 11 is 0. The Morgan fingerprint density at radius 1 is 1.05 bits per heavy atom. The topological polar surface area (TPSA) is 39.2 Å². The largest absolute Gasteiger partial charge is 0.454 e. The van der Waals surface area contributed by atoms with Crippen LogP contribution in [0, 0.1) is 0 Å². The van der Waals surface area contributed by atoms with E-state index in [9.17, 15) is 4.39 Å². The van der Waals surface area contributed by atoms with Crippen LogP contribution in [0.15, 0.2) is 59.0 Å². The second-order valence-corrected chi connectivity index (χ2v) is 4.86. The lowest BCUT2D eigenvalue weighted by Gasteiger charge is -2.02. The van der Waals surface area contributed by atoms with Crippen molar-refractivity contribution in [3.05, 3.63) is 71.5 Å². The van der Waals surface area contributed by atoms with Gasteiger partial charge in [-0.1, -0.05) is 48.5 Å². The summed E-state index contributed by atoms with van der Waals surface area (Å²) in [6.07, 6.45) is 2.15. The fourth-order valence-corrected chi connectivity index (χ4v) is 2.47. The molecule has 21 heavy (non-hydrogen) atoms. The maximum absolute atomic E-state index is 12.9. The number of benzene rings is 2. The number of hydrogen-bond donors (Lipinski definition) is 1. The quantitative estimate of drug-likeness (QED) is 0.769. The summed E-state index contributed by atoms with van der Waals surface area (Å²) < 4.78 is 18.7. The number of halogens is 1. The number of nitrogens with two attached hydrogens (primary N) is 1. The zero-order valence-corrected chi connectivity index (χ0v) is 11.6. The molecule has 3 aromatic rings. The Morgan fingerprint density at radius 3 is 2.52 bits per heavy atom. The number of rotatable bonds is 4. The molecule has 0 radical (unpaired) electrons. The first-order valence-electron chi connectivity index (χ1n) is 6.88. The first-order chi connectivity index (χ1) is 10.3. The van der Waals surface area contributed by atoms with Gasteiger partial charge in [0.05, 0.1) is 12.4 Å². The van der Waals surface area contributed by atoms with E-state index in [1.807, 2.05) is 60.7 Å². The van der Waals surface area contributed by atoms with Crippen LogP contribution in [0.5, 0.6) is 0 Å². The summed E-state index contributed by atoms with van der Waals surface area (Å²) in [6, 6.07) is 17.4. The number of hydrogen-bond acceptors (Lipinski definition) is 2. The van der Waals surface area contributed by atoms with Crippen molar-refractivity contribution in [1.82, 2.24) is 0 Å². The van der Waals surface area contributed by atoms with Crippen molar-refractivity contribution in [3.63, 3.8) is 0 Å². The third-order valence-electron chi connectivity index (χ3n) is 3.43. The molecule has 3 heteroatoms. The highest BCUT2D eigenvalue weighted by atomic mass is 19.1. The predicted octanol–water partition coefficient (Wildman–Crippen LogP) is 4.40. The van der Waals surface area contributed by atoms with Gasteiger partial charge in [0.1, 0.15) is 5.58 Å². The molecule has 3 rings (SSSR count). The molecule has 0 saturated heterocycles. The summed E-state index contributed by atoms with van der Waals surface area (Å²) in [5.41, 5.74) is 9.24. The van der Waals surface area contributed by atoms with Crippen LogP contribution in [0.4, 0.5) is 4.39 Å². The Labute approximate surface area is 122 Å². The first-order valence-corrected chi connectivity index (χ1v) is 6.88. The monoisotopic (exact) mass is 281 g/mol. The average Bonchev–Trinajstić information content (AvgIpc) is 2.88. The van der Waals surface area contributed by atoms with E-state index in [-0.39, 0.29) is 0 Å². The van der Waals surface area contributed by atoms with Crippen LogP contribution in [0.2, 0.25) is 0 Å². The molecule has 0 aliphatic heterocycles. The summed E-state index contributed by atoms with van der Waals surface area (Å²) in [7, 11) is 0. The maximum Gasteiger partial charge on any atom is 0.154 e. The Hall–Kier alpha value is -2.55. The summed E-state index contributed by atoms with van der Waals surface area (Å²) in [5.74, 6) is 0.567. The fraction of sp³-hybridized carbons (Fsp3) is 0.111. The number of alkyl halides is 1. The summed E-state index contributed by atoms with van der Waals surface area (Å²) in [4.78, 5) is 0. The second kappa shape index (κ2) is 5.83. The van der Waals surface area contributed by atoms with Gasteiger partial charge in [0.2, 0.25) is 0 Å². The van der Waals surface area contributed by atoms with Crippen molar-refractivity contribution >= 4 is 22.7 Å². The highest BCUT2D eigenvalue weighted by Crippen LogP contribution is 2.30. The highest BCUT2D eigenvalue weighted by molar-refractivity contribution is 5.89. The van der Waals surface area contributed by atoms with Gasteiger partial charge < -0.3 is 10.2 Å². The number of aryl methyl sites for hydroxylation is 1. The molecule has 0 unspecified atom stereocenters. The van der Waals surface area contributed by atoms with E-state index in [2.05, 4.69) is 0 Å². The third-order valence-corrected chi connectivity index (χ3v) is 3.43. The molecule has 0 saturated carbocycles. The normalized spacial score (nSPS) is 12.0. The number of para-hydroxylation sites is 1. The number of fused-ring (bicyclic) bond motifs is 1. The predicted molar refractivity (Wildman–Crippen MR) is 84.4 cm³/mol. The van der Waals surface area contributed by atoms with E-state index in [1.165, 1.54) is 0 Å². The number of furan rings is 1. The van der Waals surface area contributed by atoms with Gasteiger partial charge in [-0.3, -0.25) is 4.39 Å². The molecule has 1 heterocycles. The molecule has 106 valence electrons. The van der Waals surface area contributed by atoms with Gasteiger partial charge in [-0.25, -0.2) is 0 Å². The van der Waals surface area contributed by atoms with Crippen LogP contribution < -0.4 is 5.73 Å². The molecule has 0 aliphatic carbocycles. The lowest BCUT2D eigenvalue weighted by atomic mass is 10.1. The van der Waals surface area contributed by atoms with Crippen LogP contribution >= 0.6 is 0 Å². The Kier molecular flexibility index (Phi) is 3.73. The van der Waals surface area contributed by atoms with E-state index >= 15 is 0 Å². The van der Waals surface area contributed by atoms with Gasteiger partial charge in [0.25, 0.3) is 0 Å². The molecule has 0 amide bonds. The molecule has 1 aromatic heterocycles. The third kappa shape index (κ3) is 2.68. The van der Waals surface area contributed by atoms with Crippen LogP contribution in [0.3, 0.4) is 0 Å². The lowest BCUT2D eigenvalue weighted by molar-refractivity contribution is 0.492. The van der Waals surface area contributed by atoms with Crippen LogP contribution in [-0.2, 0) is 6.42 Å². The minimum atomic E-state index is -0.435. The maximum atomic E-state index is 12.9. The van der Waals surface area contributed by atoms with Crippen LogP contribution in [0.25, 0.3) is 22.7 Å². The molecule has 2 N–H and O–H groups in total. The molecular weight excluding hydrogens is 265 g/mol.